The molecule has 0 radical (unpaired) electrons. The molecule has 118 valence electrons. The fraction of sp³-hybridized carbons (Fsp3) is 0.571. The number of methoxy groups -OCH3 is 1. The van der Waals surface area contributed by atoms with Gasteiger partial charge in [-0.2, -0.15) is 0 Å². The summed E-state index contributed by atoms with van der Waals surface area (Å²) in [4.78, 5) is 1.90. The first-order valence-corrected chi connectivity index (χ1v) is 8.50. The van der Waals surface area contributed by atoms with Crippen LogP contribution in [0.2, 0.25) is 0 Å². The summed E-state index contributed by atoms with van der Waals surface area (Å²) >= 11 is 0. The molecule has 1 aromatic rings. The highest BCUT2D eigenvalue weighted by Gasteiger charge is 2.26. The van der Waals surface area contributed by atoms with Gasteiger partial charge in [-0.05, 0) is 31.5 Å². The van der Waals surface area contributed by atoms with E-state index in [0.717, 1.165) is 32.0 Å². The summed E-state index contributed by atoms with van der Waals surface area (Å²) in [6.45, 7) is 2.63. The van der Waals surface area contributed by atoms with Crippen molar-refractivity contribution >= 4 is 10.0 Å². The highest BCUT2D eigenvalue weighted by atomic mass is 32.2. The first kappa shape index (κ1) is 16.4. The van der Waals surface area contributed by atoms with Gasteiger partial charge in [0.25, 0.3) is 0 Å². The Hall–Kier alpha value is -1.02. The number of ether oxygens (including phenoxy) is 1. The number of sulfonamides is 1. The van der Waals surface area contributed by atoms with Crippen LogP contribution in [-0.4, -0.2) is 52.7 Å². The van der Waals surface area contributed by atoms with Crippen LogP contribution in [-0.2, 0) is 14.8 Å². The molecule has 0 aliphatic carbocycles. The molecule has 7 heteroatoms. The van der Waals surface area contributed by atoms with Gasteiger partial charge in [-0.3, -0.25) is 4.90 Å². The molecule has 1 N–H and O–H groups in total. The summed E-state index contributed by atoms with van der Waals surface area (Å²) in [5.41, 5.74) is 0. The first-order valence-electron chi connectivity index (χ1n) is 7.02. The number of halogens is 1. The summed E-state index contributed by atoms with van der Waals surface area (Å²) < 4.78 is 45.4. The minimum Gasteiger partial charge on any atom is -0.383 e. The summed E-state index contributed by atoms with van der Waals surface area (Å²) in [6, 6.07) is 5.54. The van der Waals surface area contributed by atoms with Crippen molar-refractivity contribution in [3.05, 3.63) is 30.1 Å². The van der Waals surface area contributed by atoms with Gasteiger partial charge in [-0.1, -0.05) is 12.1 Å². The number of benzene rings is 1. The third kappa shape index (κ3) is 4.23. The van der Waals surface area contributed by atoms with Crippen LogP contribution in [0.15, 0.2) is 29.2 Å². The molecular weight excluding hydrogens is 295 g/mol. The molecular formula is C14H21FN2O3S. The number of rotatable bonds is 7. The maximum atomic E-state index is 13.6. The van der Waals surface area contributed by atoms with E-state index in [4.69, 9.17) is 4.74 Å². The highest BCUT2D eigenvalue weighted by molar-refractivity contribution is 7.89. The second-order valence-corrected chi connectivity index (χ2v) is 6.84. The smallest absolute Gasteiger partial charge is 0.243 e. The Morgan fingerprint density at radius 3 is 2.90 bits per heavy atom. The van der Waals surface area contributed by atoms with Crippen LogP contribution in [0.4, 0.5) is 4.39 Å². The lowest BCUT2D eigenvalue weighted by atomic mass is 10.2. The number of hydrogen-bond donors (Lipinski definition) is 1. The Kier molecular flexibility index (Phi) is 5.69. The molecule has 1 aromatic carbocycles. The van der Waals surface area contributed by atoms with Crippen molar-refractivity contribution in [3.63, 3.8) is 0 Å². The lowest BCUT2D eigenvalue weighted by molar-refractivity contribution is 0.141. The van der Waals surface area contributed by atoms with Crippen LogP contribution in [0, 0.1) is 5.82 Å². The van der Waals surface area contributed by atoms with Gasteiger partial charge < -0.3 is 4.74 Å². The fourth-order valence-corrected chi connectivity index (χ4v) is 3.73. The molecule has 5 nitrogen and oxygen atoms in total. The normalized spacial score (nSPS) is 20.0. The number of nitrogens with zero attached hydrogens (tertiary/aromatic N) is 1. The molecule has 1 saturated heterocycles. The van der Waals surface area contributed by atoms with E-state index >= 15 is 0 Å². The second-order valence-electron chi connectivity index (χ2n) is 5.11. The van der Waals surface area contributed by atoms with Gasteiger partial charge in [0, 0.05) is 26.2 Å². The van der Waals surface area contributed by atoms with Crippen LogP contribution in [0.1, 0.15) is 12.8 Å². The van der Waals surface area contributed by atoms with E-state index in [1.165, 1.54) is 18.2 Å². The zero-order valence-corrected chi connectivity index (χ0v) is 12.9. The molecule has 0 saturated carbocycles. The van der Waals surface area contributed by atoms with Gasteiger partial charge in [-0.15, -0.1) is 0 Å². The highest BCUT2D eigenvalue weighted by Crippen LogP contribution is 2.18. The standard InChI is InChI=1S/C14H21FN2O3S/c1-20-10-9-17-8-4-5-12(17)11-16-21(18,19)14-7-3-2-6-13(14)15/h2-3,6-7,12,16H,4-5,8-11H2,1H3. The molecule has 0 bridgehead atoms. The predicted octanol–water partition coefficient (Wildman–Crippen LogP) is 1.21. The van der Waals surface area contributed by atoms with E-state index in [1.807, 2.05) is 0 Å². The van der Waals surface area contributed by atoms with Crippen molar-refractivity contribution in [2.24, 2.45) is 0 Å². The van der Waals surface area contributed by atoms with Crippen molar-refractivity contribution in [3.8, 4) is 0 Å². The molecule has 0 spiro atoms. The van der Waals surface area contributed by atoms with Crippen molar-refractivity contribution in [2.75, 3.05) is 33.4 Å². The van der Waals surface area contributed by atoms with Crippen LogP contribution < -0.4 is 4.72 Å². The van der Waals surface area contributed by atoms with E-state index in [9.17, 15) is 12.8 Å². The summed E-state index contributed by atoms with van der Waals surface area (Å²) in [5, 5.41) is 0. The van der Waals surface area contributed by atoms with Gasteiger partial charge in [0.2, 0.25) is 10.0 Å². The largest absolute Gasteiger partial charge is 0.383 e. The molecule has 1 fully saturated rings. The number of hydrogen-bond acceptors (Lipinski definition) is 4. The monoisotopic (exact) mass is 316 g/mol. The fourth-order valence-electron chi connectivity index (χ4n) is 2.58. The molecule has 0 amide bonds. The Labute approximate surface area is 125 Å². The van der Waals surface area contributed by atoms with Crippen LogP contribution in [0.25, 0.3) is 0 Å². The van der Waals surface area contributed by atoms with Gasteiger partial charge in [0.05, 0.1) is 6.61 Å². The Morgan fingerprint density at radius 1 is 1.43 bits per heavy atom. The van der Waals surface area contributed by atoms with E-state index in [2.05, 4.69) is 9.62 Å². The van der Waals surface area contributed by atoms with Gasteiger partial charge in [0.15, 0.2) is 0 Å². The van der Waals surface area contributed by atoms with Crippen LogP contribution in [0.3, 0.4) is 0 Å². The topological polar surface area (TPSA) is 58.6 Å². The Morgan fingerprint density at radius 2 is 2.19 bits per heavy atom. The minimum atomic E-state index is -3.81. The predicted molar refractivity (Wildman–Crippen MR) is 78.1 cm³/mol. The van der Waals surface area contributed by atoms with Crippen molar-refractivity contribution in [2.45, 2.75) is 23.8 Å². The SMILES string of the molecule is COCCN1CCCC1CNS(=O)(=O)c1ccccc1F. The van der Waals surface area contributed by atoms with Crippen LogP contribution in [0.5, 0.6) is 0 Å². The molecule has 1 aliphatic rings. The molecule has 1 unspecified atom stereocenters. The van der Waals surface area contributed by atoms with E-state index in [0.29, 0.717) is 13.2 Å². The lowest BCUT2D eigenvalue weighted by Gasteiger charge is -2.24. The molecule has 1 aliphatic heterocycles. The summed E-state index contributed by atoms with van der Waals surface area (Å²) in [5.74, 6) is -0.729. The average molecular weight is 316 g/mol. The zero-order chi connectivity index (χ0) is 15.3. The molecule has 0 aromatic heterocycles. The number of likely N-dealkylation sites (tertiary alicyclic amines) is 1. The molecule has 21 heavy (non-hydrogen) atoms. The zero-order valence-electron chi connectivity index (χ0n) is 12.1. The quantitative estimate of drug-likeness (QED) is 0.821. The first-order chi connectivity index (χ1) is 10.0. The van der Waals surface area contributed by atoms with Gasteiger partial charge in [-0.25, -0.2) is 17.5 Å². The Balaban J connectivity index is 1.97. The van der Waals surface area contributed by atoms with E-state index in [-0.39, 0.29) is 10.9 Å². The maximum Gasteiger partial charge on any atom is 0.243 e. The molecule has 2 rings (SSSR count). The molecule has 1 heterocycles. The minimum absolute atomic E-state index is 0.140. The van der Waals surface area contributed by atoms with Gasteiger partial charge in [0.1, 0.15) is 10.7 Å². The Bertz CT molecular complexity index is 565. The average Bonchev–Trinajstić information content (AvgIpc) is 2.91. The van der Waals surface area contributed by atoms with E-state index in [1.54, 1.807) is 7.11 Å². The van der Waals surface area contributed by atoms with Crippen molar-refractivity contribution in [1.29, 1.82) is 0 Å². The summed E-state index contributed by atoms with van der Waals surface area (Å²) in [7, 11) is -2.16. The summed E-state index contributed by atoms with van der Waals surface area (Å²) in [6.07, 6.45) is 1.97. The number of nitrogens with one attached hydrogen (secondary N) is 1. The molecule has 1 atom stereocenters. The van der Waals surface area contributed by atoms with Crippen LogP contribution >= 0.6 is 0 Å². The third-order valence-electron chi connectivity index (χ3n) is 3.72. The second kappa shape index (κ2) is 7.31. The van der Waals surface area contributed by atoms with E-state index < -0.39 is 15.8 Å². The third-order valence-corrected chi connectivity index (χ3v) is 5.17. The van der Waals surface area contributed by atoms with Crippen molar-refractivity contribution in [1.82, 2.24) is 9.62 Å². The maximum absolute atomic E-state index is 13.6. The van der Waals surface area contributed by atoms with Crippen molar-refractivity contribution < 1.29 is 17.5 Å². The van der Waals surface area contributed by atoms with Gasteiger partial charge >= 0.3 is 0 Å². The lowest BCUT2D eigenvalue weighted by Crippen LogP contribution is -2.41.